The summed E-state index contributed by atoms with van der Waals surface area (Å²) in [4.78, 5) is 32.2. The molecule has 3 amide bonds. The van der Waals surface area contributed by atoms with E-state index in [1.165, 1.54) is 0 Å². The molecule has 1 atom stereocenters. The SMILES string of the molecule is CCCC(C)OC(=O)/C=C\C(=O)NC(N)=O. The molecule has 0 aliphatic heterocycles. The van der Waals surface area contributed by atoms with Crippen LogP contribution in [0.2, 0.25) is 0 Å². The van der Waals surface area contributed by atoms with Gasteiger partial charge in [0, 0.05) is 12.2 Å². The van der Waals surface area contributed by atoms with Crippen molar-refractivity contribution < 1.29 is 19.1 Å². The van der Waals surface area contributed by atoms with Gasteiger partial charge in [-0.15, -0.1) is 0 Å². The predicted molar refractivity (Wildman–Crippen MR) is 57.3 cm³/mol. The average Bonchev–Trinajstić information content (AvgIpc) is 2.14. The van der Waals surface area contributed by atoms with Crippen LogP contribution in [-0.2, 0) is 14.3 Å². The van der Waals surface area contributed by atoms with E-state index < -0.39 is 17.9 Å². The number of ether oxygens (including phenoxy) is 1. The van der Waals surface area contributed by atoms with E-state index in [2.05, 4.69) is 0 Å². The van der Waals surface area contributed by atoms with Crippen LogP contribution in [-0.4, -0.2) is 24.0 Å². The van der Waals surface area contributed by atoms with Gasteiger partial charge < -0.3 is 10.5 Å². The average molecular weight is 228 g/mol. The third-order valence-electron chi connectivity index (χ3n) is 1.63. The number of rotatable bonds is 5. The number of hydrogen-bond acceptors (Lipinski definition) is 4. The Morgan fingerprint density at radius 1 is 1.38 bits per heavy atom. The van der Waals surface area contributed by atoms with Crippen LogP contribution in [0, 0.1) is 0 Å². The van der Waals surface area contributed by atoms with Crippen LogP contribution in [0.1, 0.15) is 26.7 Å². The first-order valence-electron chi connectivity index (χ1n) is 4.94. The first-order chi connectivity index (χ1) is 7.45. The number of carbonyl (C=O) groups excluding carboxylic acids is 3. The largest absolute Gasteiger partial charge is 0.460 e. The highest BCUT2D eigenvalue weighted by Gasteiger charge is 2.06. The number of esters is 1. The van der Waals surface area contributed by atoms with Crippen LogP contribution in [0.4, 0.5) is 4.79 Å². The van der Waals surface area contributed by atoms with Gasteiger partial charge in [-0.05, 0) is 13.3 Å². The van der Waals surface area contributed by atoms with Crippen molar-refractivity contribution in [2.24, 2.45) is 5.73 Å². The first-order valence-corrected chi connectivity index (χ1v) is 4.94. The lowest BCUT2D eigenvalue weighted by Crippen LogP contribution is -2.33. The second-order valence-electron chi connectivity index (χ2n) is 3.22. The lowest BCUT2D eigenvalue weighted by molar-refractivity contribution is -0.142. The van der Waals surface area contributed by atoms with Crippen molar-refractivity contribution in [1.82, 2.24) is 5.32 Å². The van der Waals surface area contributed by atoms with Crippen LogP contribution >= 0.6 is 0 Å². The Kier molecular flexibility index (Phi) is 6.58. The van der Waals surface area contributed by atoms with Crippen molar-refractivity contribution in [2.45, 2.75) is 32.8 Å². The van der Waals surface area contributed by atoms with Gasteiger partial charge in [0.25, 0.3) is 5.91 Å². The summed E-state index contributed by atoms with van der Waals surface area (Å²) < 4.78 is 4.92. The second kappa shape index (κ2) is 7.44. The number of carbonyl (C=O) groups is 3. The zero-order chi connectivity index (χ0) is 12.6. The van der Waals surface area contributed by atoms with E-state index in [-0.39, 0.29) is 6.10 Å². The van der Waals surface area contributed by atoms with E-state index in [4.69, 9.17) is 10.5 Å². The molecule has 0 aliphatic rings. The molecule has 0 bridgehead atoms. The number of urea groups is 1. The zero-order valence-electron chi connectivity index (χ0n) is 9.36. The van der Waals surface area contributed by atoms with E-state index >= 15 is 0 Å². The van der Waals surface area contributed by atoms with E-state index in [0.717, 1.165) is 25.0 Å². The molecule has 6 nitrogen and oxygen atoms in total. The standard InChI is InChI=1S/C10H16N2O4/c1-3-4-7(2)16-9(14)6-5-8(13)12-10(11)15/h5-7H,3-4H2,1-2H3,(H3,11,12,13,15)/b6-5-. The molecule has 0 spiro atoms. The smallest absolute Gasteiger partial charge is 0.331 e. The second-order valence-corrected chi connectivity index (χ2v) is 3.22. The molecule has 0 aromatic rings. The van der Waals surface area contributed by atoms with Crippen molar-refractivity contribution in [3.8, 4) is 0 Å². The molecule has 1 unspecified atom stereocenters. The molecule has 0 saturated carbocycles. The van der Waals surface area contributed by atoms with Crippen molar-refractivity contribution >= 4 is 17.9 Å². The maximum absolute atomic E-state index is 11.1. The normalized spacial score (nSPS) is 12.1. The number of primary amides is 1. The van der Waals surface area contributed by atoms with Gasteiger partial charge >= 0.3 is 12.0 Å². The Balaban J connectivity index is 3.99. The quantitative estimate of drug-likeness (QED) is 0.527. The van der Waals surface area contributed by atoms with Gasteiger partial charge in [-0.25, -0.2) is 9.59 Å². The van der Waals surface area contributed by atoms with Gasteiger partial charge in [-0.1, -0.05) is 13.3 Å². The molecule has 0 fully saturated rings. The lowest BCUT2D eigenvalue weighted by Gasteiger charge is -2.09. The Morgan fingerprint density at radius 3 is 2.50 bits per heavy atom. The van der Waals surface area contributed by atoms with E-state index in [1.807, 2.05) is 6.92 Å². The van der Waals surface area contributed by atoms with Crippen molar-refractivity contribution in [3.05, 3.63) is 12.2 Å². The third-order valence-corrected chi connectivity index (χ3v) is 1.63. The molecule has 3 N–H and O–H groups in total. The fraction of sp³-hybridized carbons (Fsp3) is 0.500. The topological polar surface area (TPSA) is 98.5 Å². The Morgan fingerprint density at radius 2 is 2.00 bits per heavy atom. The molecule has 0 rings (SSSR count). The van der Waals surface area contributed by atoms with Crippen LogP contribution in [0.5, 0.6) is 0 Å². The third kappa shape index (κ3) is 7.54. The molecular weight excluding hydrogens is 212 g/mol. The maximum Gasteiger partial charge on any atom is 0.331 e. The highest BCUT2D eigenvalue weighted by Crippen LogP contribution is 2.01. The lowest BCUT2D eigenvalue weighted by atomic mass is 10.2. The Bertz CT molecular complexity index is 299. The van der Waals surface area contributed by atoms with Gasteiger partial charge in [0.15, 0.2) is 0 Å². The highest BCUT2D eigenvalue weighted by molar-refractivity contribution is 6.02. The minimum absolute atomic E-state index is 0.193. The molecule has 0 saturated heterocycles. The van der Waals surface area contributed by atoms with Gasteiger partial charge in [0.2, 0.25) is 0 Å². The monoisotopic (exact) mass is 228 g/mol. The van der Waals surface area contributed by atoms with Gasteiger partial charge in [-0.2, -0.15) is 0 Å². The van der Waals surface area contributed by atoms with Gasteiger partial charge in [0.1, 0.15) is 0 Å². The fourth-order valence-corrected chi connectivity index (χ4v) is 1.01. The van der Waals surface area contributed by atoms with E-state index in [9.17, 15) is 14.4 Å². The number of hydrogen-bond donors (Lipinski definition) is 2. The summed E-state index contributed by atoms with van der Waals surface area (Å²) in [6.45, 7) is 3.74. The van der Waals surface area contributed by atoms with Crippen LogP contribution < -0.4 is 11.1 Å². The van der Waals surface area contributed by atoms with Crippen LogP contribution in [0.3, 0.4) is 0 Å². The molecule has 0 aromatic heterocycles. The predicted octanol–water partition coefficient (Wildman–Crippen LogP) is 0.469. The molecule has 0 aromatic carbocycles. The van der Waals surface area contributed by atoms with E-state index in [0.29, 0.717) is 0 Å². The summed E-state index contributed by atoms with van der Waals surface area (Å²) in [5.74, 6) is -1.38. The molecular formula is C10H16N2O4. The van der Waals surface area contributed by atoms with Gasteiger partial charge in [-0.3, -0.25) is 10.1 Å². The number of amides is 3. The Hall–Kier alpha value is -1.85. The number of nitrogens with two attached hydrogens (primary N) is 1. The Labute approximate surface area is 93.8 Å². The minimum atomic E-state index is -0.970. The molecule has 0 radical (unpaired) electrons. The summed E-state index contributed by atoms with van der Waals surface area (Å²) in [6.07, 6.45) is 3.31. The summed E-state index contributed by atoms with van der Waals surface area (Å²) in [7, 11) is 0. The molecule has 16 heavy (non-hydrogen) atoms. The van der Waals surface area contributed by atoms with Crippen molar-refractivity contribution in [1.29, 1.82) is 0 Å². The minimum Gasteiger partial charge on any atom is -0.460 e. The van der Waals surface area contributed by atoms with E-state index in [1.54, 1.807) is 12.2 Å². The van der Waals surface area contributed by atoms with Crippen molar-refractivity contribution in [2.75, 3.05) is 0 Å². The molecule has 0 heterocycles. The van der Waals surface area contributed by atoms with Crippen LogP contribution in [0.25, 0.3) is 0 Å². The number of nitrogens with one attached hydrogen (secondary N) is 1. The summed E-state index contributed by atoms with van der Waals surface area (Å²) in [5, 5.41) is 1.78. The molecule has 6 heteroatoms. The van der Waals surface area contributed by atoms with Gasteiger partial charge in [0.05, 0.1) is 6.10 Å². The zero-order valence-corrected chi connectivity index (χ0v) is 9.36. The van der Waals surface area contributed by atoms with Crippen molar-refractivity contribution in [3.63, 3.8) is 0 Å². The molecule has 0 aliphatic carbocycles. The van der Waals surface area contributed by atoms with Crippen LogP contribution in [0.15, 0.2) is 12.2 Å². The maximum atomic E-state index is 11.1. The molecule has 90 valence electrons. The summed E-state index contributed by atoms with van der Waals surface area (Å²) in [6, 6.07) is -0.970. The first kappa shape index (κ1) is 14.2. The summed E-state index contributed by atoms with van der Waals surface area (Å²) in [5.41, 5.74) is 4.70. The summed E-state index contributed by atoms with van der Waals surface area (Å²) >= 11 is 0. The fourth-order valence-electron chi connectivity index (χ4n) is 1.01. The highest BCUT2D eigenvalue weighted by atomic mass is 16.5. The number of imide groups is 1.